The van der Waals surface area contributed by atoms with Crippen molar-refractivity contribution >= 4 is 32.7 Å². The molecule has 2 aromatic carbocycles. The maximum Gasteiger partial charge on any atom is 0.335 e. The quantitative estimate of drug-likeness (QED) is 0.844. The molecule has 15 heavy (non-hydrogen) atoms. The first-order chi connectivity index (χ1) is 7.22. The van der Waals surface area contributed by atoms with E-state index in [0.29, 0.717) is 5.56 Å². The van der Waals surface area contributed by atoms with Crippen LogP contribution < -0.4 is 0 Å². The molecule has 0 saturated carbocycles. The molecule has 0 saturated heterocycles. The van der Waals surface area contributed by atoms with E-state index in [9.17, 15) is 4.79 Å². The summed E-state index contributed by atoms with van der Waals surface area (Å²) >= 11 is 3.41. The van der Waals surface area contributed by atoms with Gasteiger partial charge in [-0.2, -0.15) is 0 Å². The van der Waals surface area contributed by atoms with Gasteiger partial charge in [0.15, 0.2) is 0 Å². The molecule has 0 unspecified atom stereocenters. The van der Waals surface area contributed by atoms with Crippen molar-refractivity contribution in [1.29, 1.82) is 0 Å². The lowest BCUT2D eigenvalue weighted by molar-refractivity contribution is 0.0697. The molecule has 0 atom stereocenters. The molecule has 2 nitrogen and oxygen atoms in total. The van der Waals surface area contributed by atoms with E-state index < -0.39 is 5.97 Å². The smallest absolute Gasteiger partial charge is 0.335 e. The van der Waals surface area contributed by atoms with Gasteiger partial charge in [0.2, 0.25) is 0 Å². The average Bonchev–Trinajstić information content (AvgIpc) is 2.27. The van der Waals surface area contributed by atoms with Crippen molar-refractivity contribution in [3.05, 3.63) is 47.5 Å². The number of benzene rings is 2. The van der Waals surface area contributed by atoms with Crippen molar-refractivity contribution in [3.8, 4) is 0 Å². The number of carboxylic acids is 1. The van der Waals surface area contributed by atoms with Gasteiger partial charge < -0.3 is 5.11 Å². The van der Waals surface area contributed by atoms with Crippen molar-refractivity contribution in [3.63, 3.8) is 0 Å². The van der Waals surface area contributed by atoms with Crippen LogP contribution in [0.5, 0.6) is 0 Å². The van der Waals surface area contributed by atoms with E-state index in [0.717, 1.165) is 16.1 Å². The maximum absolute atomic E-state index is 10.8. The second-order valence-electron chi connectivity index (χ2n) is 3.29. The van der Waals surface area contributed by atoms with Gasteiger partial charge in [-0.15, -0.1) is 0 Å². The highest BCUT2D eigenvalue weighted by Crippen LogP contribution is 2.22. The minimum Gasteiger partial charge on any atom is -0.478 e. The Morgan fingerprint density at radius 3 is 2.73 bits per heavy atom. The lowest BCUT2D eigenvalue weighted by Crippen LogP contribution is -1.95. The van der Waals surface area contributed by atoms with Crippen LogP contribution in [0.3, 0.4) is 0 Å². The Bertz CT molecular complexity index is 520. The Kier molecular flexibility index (Phi) is 2.73. The predicted molar refractivity (Wildman–Crippen MR) is 63.5 cm³/mol. The normalized spacial score (nSPS) is 10.5. The highest BCUT2D eigenvalue weighted by atomic mass is 79.9. The van der Waals surface area contributed by atoms with Crippen LogP contribution in [0.25, 0.3) is 10.8 Å². The summed E-state index contributed by atoms with van der Waals surface area (Å²) in [5.41, 5.74) is 1.50. The Hall–Kier alpha value is -1.35. The van der Waals surface area contributed by atoms with Crippen molar-refractivity contribution in [2.75, 3.05) is 0 Å². The fourth-order valence-corrected chi connectivity index (χ4v) is 2.09. The van der Waals surface area contributed by atoms with Crippen LogP contribution in [0.15, 0.2) is 36.4 Å². The number of halogens is 1. The first-order valence-corrected chi connectivity index (χ1v) is 5.65. The number of hydrogen-bond acceptors (Lipinski definition) is 1. The highest BCUT2D eigenvalue weighted by molar-refractivity contribution is 9.08. The van der Waals surface area contributed by atoms with E-state index in [4.69, 9.17) is 5.11 Å². The van der Waals surface area contributed by atoms with Gasteiger partial charge in [0.1, 0.15) is 0 Å². The van der Waals surface area contributed by atoms with E-state index in [1.807, 2.05) is 24.3 Å². The van der Waals surface area contributed by atoms with Crippen LogP contribution in [0, 0.1) is 0 Å². The fraction of sp³-hybridized carbons (Fsp3) is 0.0833. The minimum absolute atomic E-state index is 0.328. The Morgan fingerprint density at radius 1 is 1.27 bits per heavy atom. The van der Waals surface area contributed by atoms with Gasteiger partial charge in [0.25, 0.3) is 0 Å². The molecular weight excluding hydrogens is 256 g/mol. The van der Waals surface area contributed by atoms with Crippen LogP contribution in [-0.2, 0) is 5.33 Å². The zero-order valence-corrected chi connectivity index (χ0v) is 9.49. The molecule has 0 radical (unpaired) electrons. The van der Waals surface area contributed by atoms with E-state index in [2.05, 4.69) is 15.9 Å². The van der Waals surface area contributed by atoms with Gasteiger partial charge in [0.05, 0.1) is 5.56 Å². The molecule has 0 bridgehead atoms. The average molecular weight is 265 g/mol. The summed E-state index contributed by atoms with van der Waals surface area (Å²) in [5, 5.41) is 11.7. The summed E-state index contributed by atoms with van der Waals surface area (Å²) in [6, 6.07) is 11.1. The van der Waals surface area contributed by atoms with Gasteiger partial charge in [-0.1, -0.05) is 40.2 Å². The molecule has 0 aliphatic rings. The van der Waals surface area contributed by atoms with E-state index in [-0.39, 0.29) is 0 Å². The molecule has 0 aliphatic carbocycles. The molecule has 0 spiro atoms. The first-order valence-electron chi connectivity index (χ1n) is 4.53. The molecule has 0 fully saturated rings. The number of alkyl halides is 1. The maximum atomic E-state index is 10.8. The third-order valence-electron chi connectivity index (χ3n) is 2.36. The summed E-state index contributed by atoms with van der Waals surface area (Å²) in [6.45, 7) is 0. The number of fused-ring (bicyclic) bond motifs is 1. The van der Waals surface area contributed by atoms with Gasteiger partial charge in [-0.3, -0.25) is 0 Å². The van der Waals surface area contributed by atoms with Crippen LogP contribution in [0.4, 0.5) is 0 Å². The lowest BCUT2D eigenvalue weighted by atomic mass is 10.0. The number of aromatic carboxylic acids is 1. The highest BCUT2D eigenvalue weighted by Gasteiger charge is 2.05. The third kappa shape index (κ3) is 1.88. The Morgan fingerprint density at radius 2 is 2.07 bits per heavy atom. The molecule has 2 rings (SSSR count). The van der Waals surface area contributed by atoms with E-state index in [1.165, 1.54) is 5.56 Å². The van der Waals surface area contributed by atoms with E-state index in [1.54, 1.807) is 12.1 Å². The standard InChI is InChI=1S/C12H9BrO2/c13-7-10-3-1-2-8-6-9(12(14)15)4-5-11(8)10/h1-6H,7H2,(H,14,15). The van der Waals surface area contributed by atoms with Gasteiger partial charge in [0, 0.05) is 5.33 Å². The van der Waals surface area contributed by atoms with Gasteiger partial charge in [-0.25, -0.2) is 4.79 Å². The molecule has 76 valence electrons. The molecule has 1 N–H and O–H groups in total. The van der Waals surface area contributed by atoms with Gasteiger partial charge >= 0.3 is 5.97 Å². The monoisotopic (exact) mass is 264 g/mol. The number of carboxylic acid groups (broad SMARTS) is 1. The third-order valence-corrected chi connectivity index (χ3v) is 2.97. The number of rotatable bonds is 2. The van der Waals surface area contributed by atoms with Crippen molar-refractivity contribution in [2.24, 2.45) is 0 Å². The molecule has 0 heterocycles. The molecule has 2 aromatic rings. The van der Waals surface area contributed by atoms with E-state index >= 15 is 0 Å². The number of carbonyl (C=O) groups is 1. The SMILES string of the molecule is O=C(O)c1ccc2c(CBr)cccc2c1. The molecule has 0 aromatic heterocycles. The van der Waals surface area contributed by atoms with Crippen molar-refractivity contribution in [2.45, 2.75) is 5.33 Å². The molecule has 0 aliphatic heterocycles. The number of hydrogen-bond donors (Lipinski definition) is 1. The van der Waals surface area contributed by atoms with Crippen LogP contribution in [0.2, 0.25) is 0 Å². The summed E-state index contributed by atoms with van der Waals surface area (Å²) < 4.78 is 0. The minimum atomic E-state index is -0.888. The second-order valence-corrected chi connectivity index (χ2v) is 3.85. The molecule has 3 heteroatoms. The predicted octanol–water partition coefficient (Wildman–Crippen LogP) is 3.43. The molecular formula is C12H9BrO2. The summed E-state index contributed by atoms with van der Waals surface area (Å²) in [5.74, 6) is -0.888. The van der Waals surface area contributed by atoms with Crippen LogP contribution >= 0.6 is 15.9 Å². The fourth-order valence-electron chi connectivity index (χ4n) is 1.60. The Balaban J connectivity index is 2.69. The summed E-state index contributed by atoms with van der Waals surface area (Å²) in [7, 11) is 0. The summed E-state index contributed by atoms with van der Waals surface area (Å²) in [6.07, 6.45) is 0. The second kappa shape index (κ2) is 4.03. The van der Waals surface area contributed by atoms with Crippen molar-refractivity contribution < 1.29 is 9.90 Å². The van der Waals surface area contributed by atoms with Crippen LogP contribution in [-0.4, -0.2) is 11.1 Å². The zero-order valence-electron chi connectivity index (χ0n) is 7.90. The largest absolute Gasteiger partial charge is 0.478 e. The Labute approximate surface area is 95.7 Å². The first kappa shape index (κ1) is 10.2. The zero-order chi connectivity index (χ0) is 10.8. The lowest BCUT2D eigenvalue weighted by Gasteiger charge is -2.04. The van der Waals surface area contributed by atoms with Gasteiger partial charge in [-0.05, 0) is 28.5 Å². The summed E-state index contributed by atoms with van der Waals surface area (Å²) in [4.78, 5) is 10.8. The van der Waals surface area contributed by atoms with Crippen LogP contribution in [0.1, 0.15) is 15.9 Å². The van der Waals surface area contributed by atoms with Crippen molar-refractivity contribution in [1.82, 2.24) is 0 Å². The topological polar surface area (TPSA) is 37.3 Å². The molecule has 0 amide bonds.